The van der Waals surface area contributed by atoms with Crippen molar-refractivity contribution < 1.29 is 9.90 Å². The molecule has 30 heavy (non-hydrogen) atoms. The summed E-state index contributed by atoms with van der Waals surface area (Å²) in [6.45, 7) is 5.13. The van der Waals surface area contributed by atoms with Crippen LogP contribution in [0, 0.1) is 6.92 Å². The number of pyridine rings is 1. The van der Waals surface area contributed by atoms with E-state index >= 15 is 0 Å². The van der Waals surface area contributed by atoms with Gasteiger partial charge in [0.2, 0.25) is 6.41 Å². The fraction of sp³-hybridized carbons (Fsp3) is 0.348. The van der Waals surface area contributed by atoms with Gasteiger partial charge in [0.15, 0.2) is 0 Å². The van der Waals surface area contributed by atoms with Gasteiger partial charge in [-0.3, -0.25) is 14.7 Å². The molecule has 3 heterocycles. The van der Waals surface area contributed by atoms with E-state index in [-0.39, 0.29) is 6.10 Å². The number of aliphatic hydroxyl groups is 1. The van der Waals surface area contributed by atoms with E-state index in [0.29, 0.717) is 25.9 Å². The third-order valence-electron chi connectivity index (χ3n) is 5.11. The van der Waals surface area contributed by atoms with Crippen LogP contribution >= 0.6 is 0 Å². The van der Waals surface area contributed by atoms with Crippen molar-refractivity contribution >= 4 is 6.41 Å². The molecule has 1 aliphatic rings. The highest BCUT2D eigenvalue weighted by atomic mass is 16.3. The largest absolute Gasteiger partial charge is 0.392 e. The van der Waals surface area contributed by atoms with E-state index in [2.05, 4.69) is 44.6 Å². The van der Waals surface area contributed by atoms with Crippen LogP contribution in [0.15, 0.2) is 61.1 Å². The van der Waals surface area contributed by atoms with Gasteiger partial charge in [-0.2, -0.15) is 5.10 Å². The summed E-state index contributed by atoms with van der Waals surface area (Å²) in [7, 11) is 0. The monoisotopic (exact) mass is 407 g/mol. The molecule has 158 valence electrons. The van der Waals surface area contributed by atoms with Crippen molar-refractivity contribution in [2.24, 2.45) is 0 Å². The molecular formula is C23H29N5O2. The molecule has 7 heteroatoms. The summed E-state index contributed by atoms with van der Waals surface area (Å²) in [5.41, 5.74) is 4.90. The van der Waals surface area contributed by atoms with Crippen LogP contribution in [-0.4, -0.2) is 56.9 Å². The number of nitrogens with zero attached hydrogens (tertiary/aromatic N) is 4. The van der Waals surface area contributed by atoms with Gasteiger partial charge in [-0.15, -0.1) is 0 Å². The Morgan fingerprint density at radius 1 is 1.17 bits per heavy atom. The highest BCUT2D eigenvalue weighted by Gasteiger charge is 2.17. The molecule has 1 aliphatic heterocycles. The lowest BCUT2D eigenvalue weighted by Gasteiger charge is -2.30. The summed E-state index contributed by atoms with van der Waals surface area (Å²) in [5.74, 6) is 0. The Balaban J connectivity index is 0.000000184. The first kappa shape index (κ1) is 21.7. The Morgan fingerprint density at radius 2 is 2.00 bits per heavy atom. The molecule has 1 amide bonds. The first-order chi connectivity index (χ1) is 14.7. The number of aryl methyl sites for hydroxylation is 1. The minimum absolute atomic E-state index is 0.372. The van der Waals surface area contributed by atoms with Crippen molar-refractivity contribution in [3.05, 3.63) is 77.9 Å². The first-order valence-electron chi connectivity index (χ1n) is 10.2. The molecule has 0 saturated heterocycles. The van der Waals surface area contributed by atoms with Crippen LogP contribution in [0.1, 0.15) is 23.2 Å². The summed E-state index contributed by atoms with van der Waals surface area (Å²) in [6, 6.07) is 14.3. The number of carbonyl (C=O) groups is 1. The number of rotatable bonds is 7. The second-order valence-corrected chi connectivity index (χ2v) is 7.36. The average molecular weight is 408 g/mol. The van der Waals surface area contributed by atoms with Crippen molar-refractivity contribution in [3.8, 4) is 5.69 Å². The van der Waals surface area contributed by atoms with Crippen LogP contribution in [0.2, 0.25) is 0 Å². The number of fused-ring (bicyclic) bond motifs is 1. The molecule has 0 saturated carbocycles. The smallest absolute Gasteiger partial charge is 0.207 e. The quantitative estimate of drug-likeness (QED) is 0.463. The maximum absolute atomic E-state index is 10.1. The van der Waals surface area contributed by atoms with Gasteiger partial charge in [-0.25, -0.2) is 4.68 Å². The van der Waals surface area contributed by atoms with Gasteiger partial charge in [0.1, 0.15) is 0 Å². The summed E-state index contributed by atoms with van der Waals surface area (Å²) < 4.78 is 1.85. The fourth-order valence-electron chi connectivity index (χ4n) is 3.53. The molecule has 1 aromatic carbocycles. The van der Waals surface area contributed by atoms with Crippen molar-refractivity contribution in [1.82, 2.24) is 25.0 Å². The molecule has 0 fully saturated rings. The molecule has 3 aromatic rings. The van der Waals surface area contributed by atoms with Gasteiger partial charge >= 0.3 is 0 Å². The number of amides is 1. The molecule has 0 bridgehead atoms. The maximum Gasteiger partial charge on any atom is 0.207 e. The molecule has 2 N–H and O–H groups in total. The zero-order valence-electron chi connectivity index (χ0n) is 17.3. The SMILES string of the molecule is Cc1ccnn1-c1cccnc1.O=CNCCC(O)CN1CCc2ccccc2C1. The molecule has 0 radical (unpaired) electrons. The second-order valence-electron chi connectivity index (χ2n) is 7.36. The van der Waals surface area contributed by atoms with Gasteiger partial charge < -0.3 is 10.4 Å². The molecule has 1 atom stereocenters. The number of benzene rings is 1. The minimum Gasteiger partial charge on any atom is -0.392 e. The van der Waals surface area contributed by atoms with Gasteiger partial charge in [-0.1, -0.05) is 24.3 Å². The molecule has 0 spiro atoms. The standard InChI is InChI=1S/C14H20N2O2.C9H9N3/c17-11-15-7-5-14(18)10-16-8-6-12-3-1-2-4-13(12)9-16;1-8-4-6-11-12(8)9-3-2-5-10-7-9/h1-4,11,14,18H,5-10H2,(H,15,17);2-7H,1H3. The Labute approximate surface area is 177 Å². The predicted octanol–water partition coefficient (Wildman–Crippen LogP) is 2.12. The lowest BCUT2D eigenvalue weighted by atomic mass is 9.99. The number of aromatic nitrogens is 3. The molecule has 4 rings (SSSR count). The van der Waals surface area contributed by atoms with Crippen molar-refractivity contribution in [2.75, 3.05) is 19.6 Å². The zero-order chi connectivity index (χ0) is 21.2. The molecule has 0 aliphatic carbocycles. The van der Waals surface area contributed by atoms with E-state index in [9.17, 15) is 9.90 Å². The molecular weight excluding hydrogens is 378 g/mol. The Morgan fingerprint density at radius 3 is 2.70 bits per heavy atom. The number of nitrogens with one attached hydrogen (secondary N) is 1. The Bertz CT molecular complexity index is 913. The summed E-state index contributed by atoms with van der Waals surface area (Å²) in [6.07, 6.45) is 7.28. The number of aliphatic hydroxyl groups excluding tert-OH is 1. The number of β-amino-alcohol motifs (C(OH)–C–C–N with tert-alkyl or cyclic N) is 1. The van der Waals surface area contributed by atoms with Crippen LogP contribution in [-0.2, 0) is 17.8 Å². The van der Waals surface area contributed by atoms with Gasteiger partial charge in [-0.05, 0) is 49.1 Å². The van der Waals surface area contributed by atoms with Gasteiger partial charge in [0.25, 0.3) is 0 Å². The lowest BCUT2D eigenvalue weighted by Crippen LogP contribution is -2.37. The van der Waals surface area contributed by atoms with Gasteiger partial charge in [0.05, 0.1) is 18.0 Å². The number of hydrogen-bond donors (Lipinski definition) is 2. The first-order valence-corrected chi connectivity index (χ1v) is 10.2. The lowest BCUT2D eigenvalue weighted by molar-refractivity contribution is -0.109. The molecule has 1 unspecified atom stereocenters. The number of carbonyl (C=O) groups excluding carboxylic acids is 1. The van der Waals surface area contributed by atoms with E-state index in [1.807, 2.05) is 29.8 Å². The van der Waals surface area contributed by atoms with E-state index in [1.165, 1.54) is 11.1 Å². The highest BCUT2D eigenvalue weighted by Crippen LogP contribution is 2.18. The van der Waals surface area contributed by atoms with Crippen LogP contribution < -0.4 is 5.32 Å². The van der Waals surface area contributed by atoms with Crippen molar-refractivity contribution in [3.63, 3.8) is 0 Å². The summed E-state index contributed by atoms with van der Waals surface area (Å²) in [4.78, 5) is 16.4. The van der Waals surface area contributed by atoms with Crippen LogP contribution in [0.4, 0.5) is 0 Å². The second kappa shape index (κ2) is 11.2. The van der Waals surface area contributed by atoms with Crippen LogP contribution in [0.25, 0.3) is 5.69 Å². The normalized spacial score (nSPS) is 14.2. The van der Waals surface area contributed by atoms with Crippen LogP contribution in [0.5, 0.6) is 0 Å². The predicted molar refractivity (Wildman–Crippen MR) is 116 cm³/mol. The Hall–Kier alpha value is -3.03. The molecule has 7 nitrogen and oxygen atoms in total. The third-order valence-corrected chi connectivity index (χ3v) is 5.11. The van der Waals surface area contributed by atoms with Crippen LogP contribution in [0.3, 0.4) is 0 Å². The van der Waals surface area contributed by atoms with E-state index in [4.69, 9.17) is 0 Å². The Kier molecular flexibility index (Phi) is 8.11. The van der Waals surface area contributed by atoms with Crippen molar-refractivity contribution in [1.29, 1.82) is 0 Å². The topological polar surface area (TPSA) is 83.3 Å². The van der Waals surface area contributed by atoms with Gasteiger partial charge in [0, 0.05) is 44.3 Å². The molecule has 2 aromatic heterocycles. The summed E-state index contributed by atoms with van der Waals surface area (Å²) >= 11 is 0. The van der Waals surface area contributed by atoms with E-state index in [1.54, 1.807) is 18.6 Å². The van der Waals surface area contributed by atoms with E-state index < -0.39 is 0 Å². The average Bonchev–Trinajstić information content (AvgIpc) is 3.21. The third kappa shape index (κ3) is 6.23. The fourth-order valence-corrected chi connectivity index (χ4v) is 3.53. The highest BCUT2D eigenvalue weighted by molar-refractivity contribution is 5.45. The minimum atomic E-state index is -0.372. The van der Waals surface area contributed by atoms with E-state index in [0.717, 1.165) is 30.9 Å². The zero-order valence-corrected chi connectivity index (χ0v) is 17.3. The summed E-state index contributed by atoms with van der Waals surface area (Å²) in [5, 5.41) is 16.6. The number of hydrogen-bond acceptors (Lipinski definition) is 5. The van der Waals surface area contributed by atoms with Crippen molar-refractivity contribution in [2.45, 2.75) is 32.4 Å². The maximum atomic E-state index is 10.1.